The van der Waals surface area contributed by atoms with Gasteiger partial charge in [0, 0.05) is 25.7 Å². The zero-order valence-corrected chi connectivity index (χ0v) is 21.9. The van der Waals surface area contributed by atoms with Crippen molar-refractivity contribution in [1.29, 1.82) is 0 Å². The van der Waals surface area contributed by atoms with Crippen LogP contribution in [0.15, 0.2) is 23.1 Å². The van der Waals surface area contributed by atoms with Crippen molar-refractivity contribution in [2.45, 2.75) is 76.7 Å². The Kier molecular flexibility index (Phi) is 7.06. The van der Waals surface area contributed by atoms with Crippen LogP contribution in [-0.4, -0.2) is 61.8 Å². The maximum absolute atomic E-state index is 13.2. The number of amides is 1. The molecule has 0 unspecified atom stereocenters. The van der Waals surface area contributed by atoms with Gasteiger partial charge in [0.05, 0.1) is 10.6 Å². The molecule has 34 heavy (non-hydrogen) atoms. The Morgan fingerprint density at radius 3 is 2.44 bits per heavy atom. The van der Waals surface area contributed by atoms with Crippen LogP contribution in [-0.2, 0) is 19.6 Å². The fourth-order valence-electron chi connectivity index (χ4n) is 6.29. The minimum absolute atomic E-state index is 0.0667. The topological polar surface area (TPSA) is 84.0 Å². The van der Waals surface area contributed by atoms with Gasteiger partial charge in [0.25, 0.3) is 5.91 Å². The van der Waals surface area contributed by atoms with Crippen LogP contribution in [0.4, 0.5) is 0 Å². The smallest absolute Gasteiger partial charge is 0.338 e. The Morgan fingerprint density at radius 1 is 1.09 bits per heavy atom. The summed E-state index contributed by atoms with van der Waals surface area (Å²) in [5.41, 5.74) is 0.347. The Balaban J connectivity index is 1.43. The molecule has 0 spiro atoms. The van der Waals surface area contributed by atoms with Crippen LogP contribution in [0.2, 0.25) is 5.02 Å². The zero-order valence-electron chi connectivity index (χ0n) is 20.3. The normalized spacial score (nSPS) is 27.3. The van der Waals surface area contributed by atoms with E-state index >= 15 is 0 Å². The molecule has 9 heteroatoms. The highest BCUT2D eigenvalue weighted by molar-refractivity contribution is 7.89. The summed E-state index contributed by atoms with van der Waals surface area (Å²) in [6.07, 6.45) is 6.58. The van der Waals surface area contributed by atoms with E-state index in [0.29, 0.717) is 19.6 Å². The Labute approximate surface area is 207 Å². The number of ether oxygens (including phenoxy) is 1. The highest BCUT2D eigenvalue weighted by Crippen LogP contribution is 2.52. The van der Waals surface area contributed by atoms with Crippen molar-refractivity contribution in [2.75, 3.05) is 26.2 Å². The molecule has 3 aliphatic rings. The first-order chi connectivity index (χ1) is 15.9. The number of hydrogen-bond acceptors (Lipinski definition) is 5. The number of fused-ring (bicyclic) bond motifs is 2. The highest BCUT2D eigenvalue weighted by Gasteiger charge is 2.51. The number of rotatable bonds is 5. The fraction of sp³-hybridized carbons (Fsp3) is 0.680. The van der Waals surface area contributed by atoms with E-state index in [2.05, 4.69) is 20.8 Å². The minimum atomic E-state index is -3.83. The summed E-state index contributed by atoms with van der Waals surface area (Å²) < 4.78 is 33.2. The second-order valence-corrected chi connectivity index (χ2v) is 13.6. The van der Waals surface area contributed by atoms with Crippen LogP contribution in [0, 0.1) is 10.8 Å². The quantitative estimate of drug-likeness (QED) is 0.545. The number of sulfonamides is 1. The Bertz CT molecular complexity index is 1070. The highest BCUT2D eigenvalue weighted by atomic mass is 35.5. The van der Waals surface area contributed by atoms with Crippen LogP contribution in [0.5, 0.6) is 0 Å². The molecule has 1 aromatic rings. The molecule has 2 aliphatic heterocycles. The van der Waals surface area contributed by atoms with Gasteiger partial charge in [-0.1, -0.05) is 45.2 Å². The van der Waals surface area contributed by atoms with Crippen LogP contribution in [0.1, 0.15) is 76.1 Å². The third-order valence-electron chi connectivity index (χ3n) is 7.41. The van der Waals surface area contributed by atoms with Crippen molar-refractivity contribution in [2.24, 2.45) is 10.8 Å². The predicted octanol–water partition coefficient (Wildman–Crippen LogP) is 4.49. The molecule has 1 aromatic carbocycles. The summed E-state index contributed by atoms with van der Waals surface area (Å²) in [7, 11) is -3.83. The largest absolute Gasteiger partial charge is 0.452 e. The lowest BCUT2D eigenvalue weighted by Crippen LogP contribution is -2.39. The Morgan fingerprint density at radius 2 is 1.76 bits per heavy atom. The number of esters is 1. The van der Waals surface area contributed by atoms with E-state index in [0.717, 1.165) is 44.9 Å². The van der Waals surface area contributed by atoms with E-state index in [9.17, 15) is 18.0 Å². The zero-order chi connectivity index (χ0) is 24.7. The molecule has 1 saturated carbocycles. The molecule has 2 saturated heterocycles. The summed E-state index contributed by atoms with van der Waals surface area (Å²) in [5, 5.41) is 0.0667. The molecule has 4 rings (SSSR count). The molecule has 1 aliphatic carbocycles. The van der Waals surface area contributed by atoms with Gasteiger partial charge in [-0.3, -0.25) is 4.79 Å². The lowest BCUT2D eigenvalue weighted by molar-refractivity contribution is -0.135. The molecular weight excluding hydrogens is 476 g/mol. The van der Waals surface area contributed by atoms with Gasteiger partial charge in [0.1, 0.15) is 4.90 Å². The number of hydrogen-bond donors (Lipinski definition) is 0. The van der Waals surface area contributed by atoms with Crippen molar-refractivity contribution in [1.82, 2.24) is 9.21 Å². The first kappa shape index (κ1) is 25.5. The summed E-state index contributed by atoms with van der Waals surface area (Å²) in [5.74, 6) is -0.933. The number of likely N-dealkylation sites (tertiary alicyclic amines) is 1. The van der Waals surface area contributed by atoms with Crippen molar-refractivity contribution in [3.8, 4) is 0 Å². The van der Waals surface area contributed by atoms with Crippen LogP contribution in [0.3, 0.4) is 0 Å². The summed E-state index contributed by atoms with van der Waals surface area (Å²) >= 11 is 6.23. The summed E-state index contributed by atoms with van der Waals surface area (Å²) in [4.78, 5) is 27.4. The van der Waals surface area contributed by atoms with Crippen LogP contribution >= 0.6 is 11.6 Å². The predicted molar refractivity (Wildman–Crippen MR) is 130 cm³/mol. The molecule has 188 valence electrons. The van der Waals surface area contributed by atoms with Gasteiger partial charge in [-0.15, -0.1) is 0 Å². The molecule has 2 bridgehead atoms. The van der Waals surface area contributed by atoms with Gasteiger partial charge in [-0.2, -0.15) is 4.31 Å². The average Bonchev–Trinajstić information content (AvgIpc) is 2.92. The van der Waals surface area contributed by atoms with Crippen LogP contribution in [0.25, 0.3) is 0 Å². The molecule has 2 atom stereocenters. The third kappa shape index (κ3) is 5.29. The molecule has 0 aromatic heterocycles. The van der Waals surface area contributed by atoms with Crippen molar-refractivity contribution < 1.29 is 22.7 Å². The number of carbonyl (C=O) groups excluding carboxylic acids is 2. The maximum Gasteiger partial charge on any atom is 0.338 e. The number of benzene rings is 1. The molecule has 0 N–H and O–H groups in total. The van der Waals surface area contributed by atoms with Gasteiger partial charge in [0.15, 0.2) is 6.61 Å². The molecular formula is C25H35ClN2O5S. The lowest BCUT2D eigenvalue weighted by atomic mass is 9.65. The maximum atomic E-state index is 13.2. The standard InChI is InChI=1S/C25H35ClN2O5S/c1-24(2)13-19-14-25(3,16-24)17-28(19)22(29)15-33-23(30)18-8-9-20(26)21(12-18)34(31,32)27-10-6-4-5-7-11-27/h8-9,12,19H,4-7,10-11,13-17H2,1-3H3/t19-,25+/m1/s1. The minimum Gasteiger partial charge on any atom is -0.452 e. The lowest BCUT2D eigenvalue weighted by Gasteiger charge is -2.39. The number of halogens is 1. The molecule has 3 fully saturated rings. The average molecular weight is 511 g/mol. The monoisotopic (exact) mass is 510 g/mol. The molecule has 2 heterocycles. The van der Waals surface area contributed by atoms with Crippen molar-refractivity contribution in [3.63, 3.8) is 0 Å². The van der Waals surface area contributed by atoms with Gasteiger partial charge in [0.2, 0.25) is 10.0 Å². The van der Waals surface area contributed by atoms with E-state index in [-0.39, 0.29) is 44.9 Å². The summed E-state index contributed by atoms with van der Waals surface area (Å²) in [6.45, 7) is 7.90. The first-order valence-corrected chi connectivity index (χ1v) is 14.0. The van der Waals surface area contributed by atoms with E-state index in [1.165, 1.54) is 22.5 Å². The van der Waals surface area contributed by atoms with E-state index in [4.69, 9.17) is 16.3 Å². The van der Waals surface area contributed by atoms with E-state index in [1.54, 1.807) is 0 Å². The van der Waals surface area contributed by atoms with Crippen molar-refractivity contribution >= 4 is 33.5 Å². The molecule has 7 nitrogen and oxygen atoms in total. The SMILES string of the molecule is CC1(C)C[C@@H]2C[C@](C)(CN2C(=O)COC(=O)c2ccc(Cl)c(S(=O)(=O)N3CCCCCC3)c2)C1. The summed E-state index contributed by atoms with van der Waals surface area (Å²) in [6, 6.07) is 4.27. The Hall–Kier alpha value is -1.64. The molecule has 0 radical (unpaired) electrons. The third-order valence-corrected chi connectivity index (χ3v) is 9.79. The van der Waals surface area contributed by atoms with Gasteiger partial charge in [-0.05, 0) is 61.1 Å². The van der Waals surface area contributed by atoms with Crippen molar-refractivity contribution in [3.05, 3.63) is 28.8 Å². The van der Waals surface area contributed by atoms with Gasteiger partial charge >= 0.3 is 5.97 Å². The van der Waals surface area contributed by atoms with E-state index in [1.807, 2.05) is 4.90 Å². The van der Waals surface area contributed by atoms with Crippen LogP contribution < -0.4 is 0 Å². The fourth-order valence-corrected chi connectivity index (χ4v) is 8.31. The number of nitrogens with zero attached hydrogens (tertiary/aromatic N) is 2. The molecule has 1 amide bonds. The second kappa shape index (κ2) is 9.43. The van der Waals surface area contributed by atoms with Gasteiger partial charge in [-0.25, -0.2) is 13.2 Å². The van der Waals surface area contributed by atoms with Gasteiger partial charge < -0.3 is 9.64 Å². The van der Waals surface area contributed by atoms with E-state index < -0.39 is 16.0 Å². The number of carbonyl (C=O) groups is 2. The second-order valence-electron chi connectivity index (χ2n) is 11.3. The first-order valence-electron chi connectivity index (χ1n) is 12.2.